The van der Waals surface area contributed by atoms with Crippen LogP contribution in [0.15, 0.2) is 5.51 Å². The van der Waals surface area contributed by atoms with E-state index in [-0.39, 0.29) is 0 Å². The molecule has 0 aliphatic rings. The largest absolute Gasteiger partial charge is 0.295 e. The number of hydrogen-bond donors (Lipinski definition) is 2. The van der Waals surface area contributed by atoms with E-state index in [1.54, 1.807) is 0 Å². The third-order valence-electron chi connectivity index (χ3n) is 1.37. The highest BCUT2D eigenvalue weighted by Crippen LogP contribution is 1.70. The molecule has 3 nitrogen and oxygen atoms in total. The maximum Gasteiger partial charge on any atom is 0.295 e. The standard InChI is InChI=1S/C7H8N3S/c1-2-10-5-11-7(4-9)6(10)3-8/h5,8-9H,2H2,1H3/q+1. The van der Waals surface area contributed by atoms with Crippen molar-refractivity contribution in [2.75, 3.05) is 0 Å². The van der Waals surface area contributed by atoms with Crippen LogP contribution >= 0.6 is 11.3 Å². The zero-order valence-electron chi connectivity index (χ0n) is 6.14. The van der Waals surface area contributed by atoms with Crippen LogP contribution in [0.1, 0.15) is 6.92 Å². The minimum absolute atomic E-state index is 0.646. The molecule has 0 aromatic carbocycles. The fourth-order valence-corrected chi connectivity index (χ4v) is 1.63. The SMILES string of the molecule is CC[n+]1csc(=C=N)c1=C=N. The van der Waals surface area contributed by atoms with Crippen LogP contribution in [0.3, 0.4) is 0 Å². The van der Waals surface area contributed by atoms with Gasteiger partial charge in [-0.1, -0.05) is 11.3 Å². The first-order valence-electron chi connectivity index (χ1n) is 3.19. The van der Waals surface area contributed by atoms with Crippen LogP contribution in [-0.4, -0.2) is 11.7 Å². The molecule has 0 radical (unpaired) electrons. The maximum absolute atomic E-state index is 6.96. The monoisotopic (exact) mass is 166 g/mol. The lowest BCUT2D eigenvalue weighted by Crippen LogP contribution is -2.52. The number of nitrogens with one attached hydrogen (secondary N) is 2. The molecule has 0 bridgehead atoms. The summed E-state index contributed by atoms with van der Waals surface area (Å²) >= 11 is 1.41. The second-order valence-electron chi connectivity index (χ2n) is 1.94. The predicted octanol–water partition coefficient (Wildman–Crippen LogP) is -1.10. The first-order chi connectivity index (χ1) is 5.33. The molecule has 1 aromatic heterocycles. The number of aryl methyl sites for hydroxylation is 1. The number of aromatic nitrogens is 1. The van der Waals surface area contributed by atoms with Crippen LogP contribution in [0.25, 0.3) is 0 Å². The zero-order valence-corrected chi connectivity index (χ0v) is 6.96. The van der Waals surface area contributed by atoms with Crippen molar-refractivity contribution in [3.05, 3.63) is 15.4 Å². The highest BCUT2D eigenvalue weighted by Gasteiger charge is 2.03. The highest BCUT2D eigenvalue weighted by atomic mass is 32.1. The lowest BCUT2D eigenvalue weighted by atomic mass is 10.6. The third-order valence-corrected chi connectivity index (χ3v) is 2.26. The molecule has 0 fully saturated rings. The van der Waals surface area contributed by atoms with Crippen molar-refractivity contribution in [3.8, 4) is 0 Å². The average Bonchev–Trinajstić information content (AvgIpc) is 2.45. The Balaban J connectivity index is 3.73. The number of nitrogens with zero attached hydrogens (tertiary/aromatic N) is 1. The first kappa shape index (κ1) is 7.89. The molecule has 0 aliphatic carbocycles. The van der Waals surface area contributed by atoms with Crippen molar-refractivity contribution in [2.24, 2.45) is 0 Å². The van der Waals surface area contributed by atoms with Crippen molar-refractivity contribution in [1.29, 1.82) is 10.8 Å². The molecule has 1 aromatic rings. The van der Waals surface area contributed by atoms with Crippen molar-refractivity contribution >= 4 is 23.1 Å². The second-order valence-corrected chi connectivity index (χ2v) is 2.79. The van der Waals surface area contributed by atoms with Gasteiger partial charge in [-0.2, -0.15) is 4.57 Å². The molecule has 0 saturated carbocycles. The molecule has 1 heterocycles. The summed E-state index contributed by atoms with van der Waals surface area (Å²) in [6, 6.07) is 0. The molecule has 1 rings (SSSR count). The van der Waals surface area contributed by atoms with Crippen LogP contribution < -0.4 is 14.4 Å². The molecule has 56 valence electrons. The Morgan fingerprint density at radius 3 is 2.73 bits per heavy atom. The summed E-state index contributed by atoms with van der Waals surface area (Å²) in [5, 5.41) is 14.5. The van der Waals surface area contributed by atoms with Gasteiger partial charge in [0.1, 0.15) is 6.54 Å². The molecule has 2 N–H and O–H groups in total. The zero-order chi connectivity index (χ0) is 8.27. The fraction of sp³-hybridized carbons (Fsp3) is 0.286. The van der Waals surface area contributed by atoms with Gasteiger partial charge in [0.25, 0.3) is 5.35 Å². The third kappa shape index (κ3) is 1.28. The van der Waals surface area contributed by atoms with Gasteiger partial charge < -0.3 is 0 Å². The van der Waals surface area contributed by atoms with Gasteiger partial charge in [0.15, 0.2) is 4.53 Å². The molecule has 0 spiro atoms. The molecule has 0 saturated heterocycles. The first-order valence-corrected chi connectivity index (χ1v) is 4.07. The van der Waals surface area contributed by atoms with Crippen LogP contribution in [0.2, 0.25) is 0 Å². The van der Waals surface area contributed by atoms with Crippen LogP contribution in [0.5, 0.6) is 0 Å². The minimum Gasteiger partial charge on any atom is -0.257 e. The summed E-state index contributed by atoms with van der Waals surface area (Å²) in [6.45, 7) is 2.79. The Hall–Kier alpha value is -1.21. The lowest BCUT2D eigenvalue weighted by Gasteiger charge is -1.77. The molecule has 0 atom stereocenters. The molecule has 0 aliphatic heterocycles. The van der Waals surface area contributed by atoms with Gasteiger partial charge in [-0.3, -0.25) is 10.8 Å². The van der Waals surface area contributed by atoms with Crippen LogP contribution in [0.4, 0.5) is 0 Å². The summed E-state index contributed by atoms with van der Waals surface area (Å²) in [4.78, 5) is 0. The maximum atomic E-state index is 6.96. The van der Waals surface area contributed by atoms with E-state index < -0.39 is 0 Å². The van der Waals surface area contributed by atoms with E-state index in [0.29, 0.717) is 9.88 Å². The van der Waals surface area contributed by atoms with Gasteiger partial charge in [0.2, 0.25) is 5.51 Å². The molecule has 0 amide bonds. The van der Waals surface area contributed by atoms with E-state index in [4.69, 9.17) is 10.8 Å². The number of thiazole rings is 1. The van der Waals surface area contributed by atoms with Crippen LogP contribution in [-0.2, 0) is 6.54 Å². The van der Waals surface area contributed by atoms with Gasteiger partial charge in [-0.25, -0.2) is 0 Å². The molecule has 0 unspecified atom stereocenters. The van der Waals surface area contributed by atoms with Gasteiger partial charge in [0.05, 0.1) is 5.87 Å². The Kier molecular flexibility index (Phi) is 2.34. The van der Waals surface area contributed by atoms with Gasteiger partial charge >= 0.3 is 0 Å². The molecule has 11 heavy (non-hydrogen) atoms. The van der Waals surface area contributed by atoms with Crippen molar-refractivity contribution in [2.45, 2.75) is 13.5 Å². The quantitative estimate of drug-likeness (QED) is 0.393. The smallest absolute Gasteiger partial charge is 0.257 e. The van der Waals surface area contributed by atoms with E-state index in [2.05, 4.69) is 11.7 Å². The fourth-order valence-electron chi connectivity index (χ4n) is 0.805. The molecular formula is C7H8N3S+. The highest BCUT2D eigenvalue weighted by molar-refractivity contribution is 7.07. The number of hydrogen-bond acceptors (Lipinski definition) is 3. The van der Waals surface area contributed by atoms with Gasteiger partial charge in [0, 0.05) is 5.87 Å². The minimum atomic E-state index is 0.646. The van der Waals surface area contributed by atoms with E-state index in [9.17, 15) is 0 Å². The average molecular weight is 166 g/mol. The Morgan fingerprint density at radius 1 is 1.55 bits per heavy atom. The van der Waals surface area contributed by atoms with Crippen LogP contribution in [0, 0.1) is 10.8 Å². The van der Waals surface area contributed by atoms with Crippen molar-refractivity contribution in [1.82, 2.24) is 0 Å². The van der Waals surface area contributed by atoms with E-state index in [1.165, 1.54) is 11.3 Å². The van der Waals surface area contributed by atoms with Gasteiger partial charge in [-0.15, -0.1) is 0 Å². The van der Waals surface area contributed by atoms with Crippen molar-refractivity contribution in [3.63, 3.8) is 0 Å². The summed E-state index contributed by atoms with van der Waals surface area (Å²) < 4.78 is 2.54. The Labute approximate surface area is 68.0 Å². The Bertz CT molecular complexity index is 407. The molecular weight excluding hydrogens is 158 g/mol. The van der Waals surface area contributed by atoms with E-state index in [0.717, 1.165) is 6.54 Å². The van der Waals surface area contributed by atoms with Gasteiger partial charge in [-0.05, 0) is 6.92 Å². The summed E-state index contributed by atoms with van der Waals surface area (Å²) in [6.07, 6.45) is 0. The second kappa shape index (κ2) is 3.26. The van der Waals surface area contributed by atoms with E-state index in [1.807, 2.05) is 17.0 Å². The summed E-state index contributed by atoms with van der Waals surface area (Å²) in [5.41, 5.74) is 1.87. The lowest BCUT2D eigenvalue weighted by molar-refractivity contribution is -0.701. The van der Waals surface area contributed by atoms with E-state index >= 15 is 0 Å². The topological polar surface area (TPSA) is 51.6 Å². The summed E-state index contributed by atoms with van der Waals surface area (Å²) in [7, 11) is 0. The Morgan fingerprint density at radius 2 is 2.27 bits per heavy atom. The molecule has 4 heteroatoms. The predicted molar refractivity (Wildman–Crippen MR) is 43.1 cm³/mol. The normalized spacial score (nSPS) is 8.82. The summed E-state index contributed by atoms with van der Waals surface area (Å²) in [5.74, 6) is 4.55. The van der Waals surface area contributed by atoms with Crippen molar-refractivity contribution < 1.29 is 4.57 Å². The number of rotatable bonds is 1.